The van der Waals surface area contributed by atoms with Crippen LogP contribution in [0.3, 0.4) is 0 Å². The van der Waals surface area contributed by atoms with Gasteiger partial charge < -0.3 is 0 Å². The number of aliphatic imine (C=N–C) groups is 1. The maximum absolute atomic E-state index is 11.0. The summed E-state index contributed by atoms with van der Waals surface area (Å²) in [6, 6.07) is 11.2. The Morgan fingerprint density at radius 3 is 2.82 bits per heavy atom. The zero-order valence-corrected chi connectivity index (χ0v) is 9.57. The third-order valence-electron chi connectivity index (χ3n) is 1.94. The molecule has 0 aliphatic carbocycles. The second-order valence-electron chi connectivity index (χ2n) is 3.15. The molecule has 1 aromatic carbocycles. The predicted molar refractivity (Wildman–Crippen MR) is 68.0 cm³/mol. The van der Waals surface area contributed by atoms with Crippen LogP contribution in [0.5, 0.6) is 0 Å². The van der Waals surface area contributed by atoms with Gasteiger partial charge in [0.15, 0.2) is 5.71 Å². The van der Waals surface area contributed by atoms with E-state index < -0.39 is 0 Å². The van der Waals surface area contributed by atoms with E-state index in [-0.39, 0.29) is 17.4 Å². The smallest absolute Gasteiger partial charge is 0.257 e. The van der Waals surface area contributed by atoms with E-state index in [0.29, 0.717) is 5.04 Å². The first-order chi connectivity index (χ1) is 8.29. The van der Waals surface area contributed by atoms with Gasteiger partial charge in [0.1, 0.15) is 11.1 Å². The van der Waals surface area contributed by atoms with Crippen LogP contribution in [0.15, 0.2) is 40.4 Å². The summed E-state index contributed by atoms with van der Waals surface area (Å²) in [7, 11) is 0. The van der Waals surface area contributed by atoms with Crippen LogP contribution in [0.4, 0.5) is 5.69 Å². The summed E-state index contributed by atoms with van der Waals surface area (Å²) in [5.41, 5.74) is 3.65. The molecule has 6 heteroatoms. The van der Waals surface area contributed by atoms with Crippen molar-refractivity contribution in [1.29, 1.82) is 5.26 Å². The van der Waals surface area contributed by atoms with Crippen molar-refractivity contribution in [2.24, 2.45) is 10.1 Å². The first-order valence-corrected chi connectivity index (χ1v) is 5.81. The van der Waals surface area contributed by atoms with Gasteiger partial charge in [-0.1, -0.05) is 30.0 Å². The maximum atomic E-state index is 11.0. The van der Waals surface area contributed by atoms with Crippen molar-refractivity contribution in [3.05, 3.63) is 30.3 Å². The van der Waals surface area contributed by atoms with Crippen LogP contribution in [-0.2, 0) is 4.79 Å². The summed E-state index contributed by atoms with van der Waals surface area (Å²) in [5, 5.41) is 13.2. The number of nitriles is 1. The number of amides is 1. The van der Waals surface area contributed by atoms with Gasteiger partial charge in [0.25, 0.3) is 5.91 Å². The molecule has 0 saturated carbocycles. The number of carbonyl (C=O) groups excluding carboxylic acids is 1. The Hall–Kier alpha value is -2.13. The van der Waals surface area contributed by atoms with Gasteiger partial charge in [-0.25, -0.2) is 4.99 Å². The molecule has 1 aliphatic rings. The van der Waals surface area contributed by atoms with Crippen LogP contribution in [0, 0.1) is 11.3 Å². The first-order valence-electron chi connectivity index (χ1n) is 4.83. The van der Waals surface area contributed by atoms with Crippen molar-refractivity contribution < 1.29 is 4.79 Å². The average Bonchev–Trinajstić information content (AvgIpc) is 2.78. The number of hydrogen-bond donors (Lipinski definition) is 1. The summed E-state index contributed by atoms with van der Waals surface area (Å²) in [6.45, 7) is 0. The Balaban J connectivity index is 2.12. The molecule has 0 atom stereocenters. The Kier molecular flexibility index (Phi) is 3.52. The van der Waals surface area contributed by atoms with Gasteiger partial charge >= 0.3 is 0 Å². The van der Waals surface area contributed by atoms with Gasteiger partial charge in [-0.05, 0) is 12.1 Å². The standard InChI is InChI=1S/C11H8N4OS/c12-6-9(11-13-10(16)7-17-11)15-14-8-4-2-1-3-5-8/h1-5,14H,7H2/b15-9+. The van der Waals surface area contributed by atoms with Crippen LogP contribution in [0.25, 0.3) is 0 Å². The Morgan fingerprint density at radius 1 is 1.47 bits per heavy atom. The Bertz CT molecular complexity index is 530. The minimum atomic E-state index is -0.229. The third kappa shape index (κ3) is 2.92. The van der Waals surface area contributed by atoms with E-state index in [1.165, 1.54) is 11.8 Å². The molecule has 0 saturated heterocycles. The van der Waals surface area contributed by atoms with Crippen molar-refractivity contribution >= 4 is 34.1 Å². The molecule has 0 unspecified atom stereocenters. The SMILES string of the molecule is N#C/C(=N\Nc1ccccc1)C1=NC(=O)CS1. The van der Waals surface area contributed by atoms with Crippen molar-refractivity contribution in [3.63, 3.8) is 0 Å². The van der Waals surface area contributed by atoms with Crippen molar-refractivity contribution in [2.45, 2.75) is 0 Å². The number of benzene rings is 1. The quantitative estimate of drug-likeness (QED) is 0.647. The lowest BCUT2D eigenvalue weighted by Crippen LogP contribution is -2.08. The van der Waals surface area contributed by atoms with Gasteiger partial charge in [-0.2, -0.15) is 10.4 Å². The zero-order valence-electron chi connectivity index (χ0n) is 8.75. The fraction of sp³-hybridized carbons (Fsp3) is 0.0909. The molecule has 17 heavy (non-hydrogen) atoms. The number of nitrogens with zero attached hydrogens (tertiary/aromatic N) is 3. The van der Waals surface area contributed by atoms with Gasteiger partial charge in [0.2, 0.25) is 0 Å². The molecular formula is C11H8N4OS. The maximum Gasteiger partial charge on any atom is 0.257 e. The summed E-state index contributed by atoms with van der Waals surface area (Å²) < 4.78 is 0. The monoisotopic (exact) mass is 244 g/mol. The van der Waals surface area contributed by atoms with Gasteiger partial charge in [0.05, 0.1) is 11.4 Å². The molecule has 2 rings (SSSR count). The molecular weight excluding hydrogens is 236 g/mol. The van der Waals surface area contributed by atoms with Crippen LogP contribution in [-0.4, -0.2) is 22.4 Å². The second kappa shape index (κ2) is 5.27. The molecule has 0 radical (unpaired) electrons. The third-order valence-corrected chi connectivity index (χ3v) is 2.89. The minimum absolute atomic E-state index is 0.129. The highest BCUT2D eigenvalue weighted by molar-refractivity contribution is 8.16. The molecule has 0 aromatic heterocycles. The summed E-state index contributed by atoms with van der Waals surface area (Å²) in [5.74, 6) is 0.0501. The fourth-order valence-electron chi connectivity index (χ4n) is 1.18. The van der Waals surface area contributed by atoms with Crippen LogP contribution in [0.1, 0.15) is 0 Å². The summed E-state index contributed by atoms with van der Waals surface area (Å²) in [6.07, 6.45) is 0. The van der Waals surface area contributed by atoms with E-state index in [2.05, 4.69) is 15.5 Å². The summed E-state index contributed by atoms with van der Waals surface area (Å²) >= 11 is 1.23. The molecule has 1 aromatic rings. The minimum Gasteiger partial charge on any atom is -0.277 e. The van der Waals surface area contributed by atoms with E-state index in [1.54, 1.807) is 0 Å². The van der Waals surface area contributed by atoms with Crippen LogP contribution < -0.4 is 5.43 Å². The molecule has 5 nitrogen and oxygen atoms in total. The first kappa shape index (κ1) is 11.4. The second-order valence-corrected chi connectivity index (χ2v) is 4.11. The normalized spacial score (nSPS) is 15.4. The summed E-state index contributed by atoms with van der Waals surface area (Å²) in [4.78, 5) is 14.7. The lowest BCUT2D eigenvalue weighted by molar-refractivity contribution is -0.115. The zero-order chi connectivity index (χ0) is 12.1. The van der Waals surface area contributed by atoms with Gasteiger partial charge in [0, 0.05) is 0 Å². The Labute approximate surface area is 102 Å². The molecule has 1 heterocycles. The average molecular weight is 244 g/mol. The highest BCUT2D eigenvalue weighted by atomic mass is 32.2. The van der Waals surface area contributed by atoms with Gasteiger partial charge in [-0.3, -0.25) is 10.2 Å². The molecule has 84 valence electrons. The van der Waals surface area contributed by atoms with E-state index in [9.17, 15) is 4.79 Å². The highest BCUT2D eigenvalue weighted by Crippen LogP contribution is 2.14. The van der Waals surface area contributed by atoms with E-state index in [4.69, 9.17) is 5.26 Å². The number of thioether (sulfide) groups is 1. The fourth-order valence-corrected chi connectivity index (χ4v) is 1.90. The van der Waals surface area contributed by atoms with Crippen LogP contribution >= 0.6 is 11.8 Å². The van der Waals surface area contributed by atoms with Gasteiger partial charge in [-0.15, -0.1) is 0 Å². The Morgan fingerprint density at radius 2 is 2.24 bits per heavy atom. The number of nitrogens with one attached hydrogen (secondary N) is 1. The topological polar surface area (TPSA) is 77.6 Å². The highest BCUT2D eigenvalue weighted by Gasteiger charge is 2.19. The molecule has 1 amide bonds. The van der Waals surface area contributed by atoms with Crippen LogP contribution in [0.2, 0.25) is 0 Å². The number of para-hydroxylation sites is 1. The molecule has 0 spiro atoms. The molecule has 1 N–H and O–H groups in total. The number of anilines is 1. The predicted octanol–water partition coefficient (Wildman–Crippen LogP) is 1.65. The number of hydrazone groups is 1. The number of rotatable bonds is 3. The number of carbonyl (C=O) groups is 1. The molecule has 1 aliphatic heterocycles. The largest absolute Gasteiger partial charge is 0.277 e. The van der Waals surface area contributed by atoms with Crippen molar-refractivity contribution in [1.82, 2.24) is 0 Å². The van der Waals surface area contributed by atoms with E-state index >= 15 is 0 Å². The van der Waals surface area contributed by atoms with Crippen molar-refractivity contribution in [2.75, 3.05) is 11.2 Å². The van der Waals surface area contributed by atoms with Crippen molar-refractivity contribution in [3.8, 4) is 6.07 Å². The lowest BCUT2D eigenvalue weighted by atomic mass is 10.3. The van der Waals surface area contributed by atoms with E-state index in [1.807, 2.05) is 36.4 Å². The lowest BCUT2D eigenvalue weighted by Gasteiger charge is -2.00. The molecule has 0 fully saturated rings. The number of hydrogen-bond acceptors (Lipinski definition) is 5. The molecule has 0 bridgehead atoms. The van der Waals surface area contributed by atoms with E-state index in [0.717, 1.165) is 5.69 Å².